The molecule has 0 atom stereocenters. The molecule has 4 heteroatoms. The number of aromatic nitrogens is 3. The first kappa shape index (κ1) is 36.0. The summed E-state index contributed by atoms with van der Waals surface area (Å²) in [4.78, 5) is 10.7. The summed E-state index contributed by atoms with van der Waals surface area (Å²) in [5.41, 5.74) is 17.4. The molecule has 63 heavy (non-hydrogen) atoms. The van der Waals surface area contributed by atoms with E-state index in [1.807, 2.05) is 11.3 Å². The summed E-state index contributed by atoms with van der Waals surface area (Å²) in [7, 11) is 0. The Kier molecular flexibility index (Phi) is 7.82. The van der Waals surface area contributed by atoms with Crippen molar-refractivity contribution >= 4 is 64.2 Å². The predicted octanol–water partition coefficient (Wildman–Crippen LogP) is 16.1. The van der Waals surface area contributed by atoms with Gasteiger partial charge in [-0.3, -0.25) is 0 Å². The Hall–Kier alpha value is -7.66. The van der Waals surface area contributed by atoms with Crippen LogP contribution in [0.1, 0.15) is 25.0 Å². The molecule has 296 valence electrons. The Bertz CT molecular complexity index is 3820. The van der Waals surface area contributed by atoms with Gasteiger partial charge < -0.3 is 4.57 Å². The molecule has 9 aromatic carbocycles. The molecule has 0 amide bonds. The van der Waals surface area contributed by atoms with Crippen LogP contribution < -0.4 is 0 Å². The second kappa shape index (κ2) is 13.7. The monoisotopic (exact) mass is 821 g/mol. The quantitative estimate of drug-likeness (QED) is 0.173. The molecule has 13 rings (SSSR count). The van der Waals surface area contributed by atoms with Gasteiger partial charge in [0.15, 0.2) is 5.82 Å². The molecule has 1 aliphatic rings. The molecule has 0 saturated carbocycles. The van der Waals surface area contributed by atoms with Crippen LogP contribution in [0.5, 0.6) is 0 Å². The van der Waals surface area contributed by atoms with E-state index in [0.717, 1.165) is 50.4 Å². The number of hydrogen-bond donors (Lipinski definition) is 0. The third kappa shape index (κ3) is 5.51. The van der Waals surface area contributed by atoms with Crippen molar-refractivity contribution in [2.24, 2.45) is 0 Å². The molecule has 3 heterocycles. The van der Waals surface area contributed by atoms with Crippen LogP contribution >= 0.6 is 11.3 Å². The fourth-order valence-electron chi connectivity index (χ4n) is 10.3. The van der Waals surface area contributed by atoms with Gasteiger partial charge in [-0.25, -0.2) is 9.97 Å². The van der Waals surface area contributed by atoms with Crippen LogP contribution in [0.15, 0.2) is 200 Å². The lowest BCUT2D eigenvalue weighted by Crippen LogP contribution is -2.15. The highest BCUT2D eigenvalue weighted by molar-refractivity contribution is 7.26. The number of thiophene rings is 1. The van der Waals surface area contributed by atoms with E-state index in [1.54, 1.807) is 0 Å². The normalized spacial score (nSPS) is 13.0. The van der Waals surface area contributed by atoms with E-state index >= 15 is 0 Å². The minimum Gasteiger partial charge on any atom is -0.309 e. The van der Waals surface area contributed by atoms with Crippen molar-refractivity contribution < 1.29 is 0 Å². The highest BCUT2D eigenvalue weighted by atomic mass is 32.1. The minimum absolute atomic E-state index is 0.215. The summed E-state index contributed by atoms with van der Waals surface area (Å²) < 4.78 is 5.04. The molecule has 0 spiro atoms. The molecule has 3 aromatic heterocycles. The van der Waals surface area contributed by atoms with Crippen molar-refractivity contribution in [1.82, 2.24) is 14.5 Å². The summed E-state index contributed by atoms with van der Waals surface area (Å²) in [5, 5.41) is 6.15. The van der Waals surface area contributed by atoms with Crippen LogP contribution in [-0.4, -0.2) is 14.5 Å². The van der Waals surface area contributed by atoms with E-state index in [0.29, 0.717) is 0 Å². The number of fused-ring (bicyclic) bond motifs is 10. The molecule has 1 aliphatic carbocycles. The first-order valence-electron chi connectivity index (χ1n) is 21.6. The standard InChI is InChI=1S/C59H39N3S/c1-59(2)50-34-39(42-20-13-21-47-46-19-10-12-23-55(46)63-57(42)47)24-28-43(50)44-29-25-40(35-51(44)59)58-60-52-30-26-37(33-49(52)56(61-58)36-14-5-3-6-15-36)38-27-31-54-48(32-38)45-18-9-11-22-53(45)62(54)41-16-7-4-8-17-41/h3-35H,1-2H3. The van der Waals surface area contributed by atoms with Crippen LogP contribution in [0.3, 0.4) is 0 Å². The number of hydrogen-bond acceptors (Lipinski definition) is 3. The summed E-state index contributed by atoms with van der Waals surface area (Å²) >= 11 is 1.89. The van der Waals surface area contributed by atoms with Crippen LogP contribution in [0, 0.1) is 0 Å². The summed E-state index contributed by atoms with van der Waals surface area (Å²) in [6.45, 7) is 4.72. The number of rotatable bonds is 5. The average Bonchev–Trinajstić information content (AvgIpc) is 3.96. The van der Waals surface area contributed by atoms with E-state index in [9.17, 15) is 0 Å². The van der Waals surface area contributed by atoms with E-state index in [2.05, 4.69) is 219 Å². The smallest absolute Gasteiger partial charge is 0.160 e. The molecule has 0 saturated heterocycles. The lowest BCUT2D eigenvalue weighted by molar-refractivity contribution is 0.661. The number of nitrogens with zero attached hydrogens (tertiary/aromatic N) is 3. The van der Waals surface area contributed by atoms with Gasteiger partial charge in [-0.1, -0.05) is 153 Å². The Morgan fingerprint density at radius 1 is 0.413 bits per heavy atom. The van der Waals surface area contributed by atoms with Crippen molar-refractivity contribution in [3.63, 3.8) is 0 Å². The molecule has 12 aromatic rings. The lowest BCUT2D eigenvalue weighted by atomic mass is 9.81. The molecular weight excluding hydrogens is 783 g/mol. The van der Waals surface area contributed by atoms with Crippen LogP contribution in [-0.2, 0) is 5.41 Å². The molecule has 3 nitrogen and oxygen atoms in total. The molecule has 0 aliphatic heterocycles. The Morgan fingerprint density at radius 3 is 1.84 bits per heavy atom. The summed E-state index contributed by atoms with van der Waals surface area (Å²) in [5.74, 6) is 0.732. The van der Waals surface area contributed by atoms with Gasteiger partial charge in [0.1, 0.15) is 0 Å². The zero-order valence-corrected chi connectivity index (χ0v) is 35.6. The maximum absolute atomic E-state index is 5.41. The maximum atomic E-state index is 5.41. The highest BCUT2D eigenvalue weighted by Crippen LogP contribution is 2.51. The zero-order chi connectivity index (χ0) is 41.8. The maximum Gasteiger partial charge on any atom is 0.160 e. The number of para-hydroxylation sites is 2. The first-order chi connectivity index (χ1) is 31.0. The molecule has 0 unspecified atom stereocenters. The molecule has 0 bridgehead atoms. The fraction of sp³-hybridized carbons (Fsp3) is 0.0508. The third-order valence-corrected chi connectivity index (χ3v) is 14.6. The lowest BCUT2D eigenvalue weighted by Gasteiger charge is -2.22. The fourth-order valence-corrected chi connectivity index (χ4v) is 11.5. The van der Waals surface area contributed by atoms with Crippen molar-refractivity contribution in [3.05, 3.63) is 211 Å². The molecule has 0 fully saturated rings. The van der Waals surface area contributed by atoms with Gasteiger partial charge in [-0.05, 0) is 105 Å². The second-order valence-corrected chi connectivity index (χ2v) is 18.4. The van der Waals surface area contributed by atoms with Gasteiger partial charge in [0.25, 0.3) is 0 Å². The SMILES string of the molecule is CC1(C)c2cc(-c3nc(-c4ccccc4)c4cc(-c5ccc6c(c5)c5ccccc5n6-c5ccccc5)ccc4n3)ccc2-c2ccc(-c3cccc4c3sc3ccccc34)cc21. The Balaban J connectivity index is 0.908. The number of benzene rings is 9. The van der Waals surface area contributed by atoms with E-state index in [-0.39, 0.29) is 5.41 Å². The van der Waals surface area contributed by atoms with E-state index < -0.39 is 0 Å². The predicted molar refractivity (Wildman–Crippen MR) is 266 cm³/mol. The summed E-state index contributed by atoms with van der Waals surface area (Å²) in [6.07, 6.45) is 0. The van der Waals surface area contributed by atoms with Crippen molar-refractivity contribution in [1.29, 1.82) is 0 Å². The Morgan fingerprint density at radius 2 is 1.03 bits per heavy atom. The van der Waals surface area contributed by atoms with Gasteiger partial charge in [-0.15, -0.1) is 11.3 Å². The molecule has 0 radical (unpaired) electrons. The van der Waals surface area contributed by atoms with E-state index in [1.165, 1.54) is 75.4 Å². The van der Waals surface area contributed by atoms with Crippen molar-refractivity contribution in [3.8, 4) is 61.7 Å². The molecular formula is C59H39N3S. The van der Waals surface area contributed by atoms with Gasteiger partial charge in [0.05, 0.1) is 22.2 Å². The topological polar surface area (TPSA) is 30.7 Å². The zero-order valence-electron chi connectivity index (χ0n) is 34.8. The van der Waals surface area contributed by atoms with Crippen molar-refractivity contribution in [2.75, 3.05) is 0 Å². The summed E-state index contributed by atoms with van der Waals surface area (Å²) in [6, 6.07) is 72.8. The Labute approximate surface area is 369 Å². The van der Waals surface area contributed by atoms with Crippen LogP contribution in [0.4, 0.5) is 0 Å². The highest BCUT2D eigenvalue weighted by Gasteiger charge is 2.36. The molecule has 0 N–H and O–H groups in total. The van der Waals surface area contributed by atoms with Gasteiger partial charge in [-0.2, -0.15) is 0 Å². The van der Waals surface area contributed by atoms with Crippen molar-refractivity contribution in [2.45, 2.75) is 19.3 Å². The second-order valence-electron chi connectivity index (χ2n) is 17.3. The average molecular weight is 822 g/mol. The van der Waals surface area contributed by atoms with E-state index in [4.69, 9.17) is 9.97 Å². The third-order valence-electron chi connectivity index (χ3n) is 13.4. The largest absolute Gasteiger partial charge is 0.309 e. The van der Waals surface area contributed by atoms with Crippen LogP contribution in [0.2, 0.25) is 0 Å². The minimum atomic E-state index is -0.215. The van der Waals surface area contributed by atoms with Gasteiger partial charge >= 0.3 is 0 Å². The van der Waals surface area contributed by atoms with Gasteiger partial charge in [0.2, 0.25) is 0 Å². The first-order valence-corrected chi connectivity index (χ1v) is 22.5. The van der Waals surface area contributed by atoms with Crippen LogP contribution in [0.25, 0.3) is 115 Å². The van der Waals surface area contributed by atoms with Gasteiger partial charge in [0, 0.05) is 58.6 Å².